The van der Waals surface area contributed by atoms with E-state index >= 15 is 0 Å². The molecular formula is C13H16BrFN2O. The molecule has 1 aromatic rings. The van der Waals surface area contributed by atoms with Crippen molar-refractivity contribution in [2.24, 2.45) is 0 Å². The number of carbonyl (C=O) groups is 1. The highest BCUT2D eigenvalue weighted by Crippen LogP contribution is 2.22. The first kappa shape index (κ1) is 13.5. The summed E-state index contributed by atoms with van der Waals surface area (Å²) in [7, 11) is 4.04. The van der Waals surface area contributed by atoms with Gasteiger partial charge in [0, 0.05) is 23.6 Å². The fourth-order valence-electron chi connectivity index (χ4n) is 2.18. The number of likely N-dealkylation sites (tertiary alicyclic amines) is 1. The zero-order valence-corrected chi connectivity index (χ0v) is 12.1. The molecule has 1 aliphatic rings. The first-order chi connectivity index (χ1) is 8.49. The van der Waals surface area contributed by atoms with Gasteiger partial charge in [0.05, 0.1) is 5.56 Å². The van der Waals surface area contributed by atoms with Gasteiger partial charge in [0.1, 0.15) is 5.82 Å². The van der Waals surface area contributed by atoms with Crippen LogP contribution in [0.4, 0.5) is 4.39 Å². The van der Waals surface area contributed by atoms with Gasteiger partial charge in [-0.3, -0.25) is 4.79 Å². The zero-order chi connectivity index (χ0) is 13.3. The van der Waals surface area contributed by atoms with E-state index in [0.717, 1.165) is 19.5 Å². The molecule has 0 spiro atoms. The van der Waals surface area contributed by atoms with Crippen LogP contribution in [0, 0.1) is 5.82 Å². The predicted molar refractivity (Wildman–Crippen MR) is 72.1 cm³/mol. The topological polar surface area (TPSA) is 23.6 Å². The highest BCUT2D eigenvalue weighted by Gasteiger charge is 2.28. The first-order valence-corrected chi connectivity index (χ1v) is 6.69. The average Bonchev–Trinajstić information content (AvgIpc) is 2.77. The van der Waals surface area contributed by atoms with Crippen molar-refractivity contribution in [3.8, 4) is 0 Å². The van der Waals surface area contributed by atoms with Gasteiger partial charge >= 0.3 is 0 Å². The van der Waals surface area contributed by atoms with E-state index in [0.29, 0.717) is 16.1 Å². The van der Waals surface area contributed by atoms with Gasteiger partial charge < -0.3 is 9.80 Å². The molecule has 3 nitrogen and oxygen atoms in total. The molecule has 0 aliphatic carbocycles. The molecule has 1 heterocycles. The Balaban J connectivity index is 2.13. The summed E-state index contributed by atoms with van der Waals surface area (Å²) in [4.78, 5) is 16.3. The summed E-state index contributed by atoms with van der Waals surface area (Å²) < 4.78 is 13.5. The van der Waals surface area contributed by atoms with E-state index in [1.165, 1.54) is 18.2 Å². The molecular weight excluding hydrogens is 299 g/mol. The number of benzene rings is 1. The second-order valence-electron chi connectivity index (χ2n) is 4.78. The Hall–Kier alpha value is -0.940. The lowest BCUT2D eigenvalue weighted by molar-refractivity contribution is 0.0782. The summed E-state index contributed by atoms with van der Waals surface area (Å²) in [5.74, 6) is -0.378. The molecule has 1 fully saturated rings. The molecule has 2 rings (SSSR count). The van der Waals surface area contributed by atoms with Crippen LogP contribution in [0.5, 0.6) is 0 Å². The molecule has 1 unspecified atom stereocenters. The van der Waals surface area contributed by atoms with Crippen LogP contribution in [-0.2, 0) is 0 Å². The number of halogens is 2. The van der Waals surface area contributed by atoms with Crippen LogP contribution < -0.4 is 0 Å². The maximum absolute atomic E-state index is 13.0. The number of amides is 1. The molecule has 1 amide bonds. The Morgan fingerprint density at radius 2 is 2.22 bits per heavy atom. The van der Waals surface area contributed by atoms with Crippen molar-refractivity contribution >= 4 is 21.8 Å². The minimum Gasteiger partial charge on any atom is -0.337 e. The summed E-state index contributed by atoms with van der Waals surface area (Å²) in [6, 6.07) is 4.59. The summed E-state index contributed by atoms with van der Waals surface area (Å²) >= 11 is 3.24. The van der Waals surface area contributed by atoms with Crippen LogP contribution in [0.1, 0.15) is 16.8 Å². The molecule has 1 aliphatic heterocycles. The Labute approximate surface area is 115 Å². The largest absolute Gasteiger partial charge is 0.337 e. The number of nitrogens with zero attached hydrogens (tertiary/aromatic N) is 2. The van der Waals surface area contributed by atoms with Gasteiger partial charge in [-0.05, 0) is 54.6 Å². The number of rotatable bonds is 2. The van der Waals surface area contributed by atoms with E-state index in [1.807, 2.05) is 19.0 Å². The van der Waals surface area contributed by atoms with E-state index in [1.54, 1.807) is 0 Å². The minimum absolute atomic E-state index is 0.0359. The van der Waals surface area contributed by atoms with Gasteiger partial charge in [-0.2, -0.15) is 0 Å². The molecule has 0 N–H and O–H groups in total. The maximum atomic E-state index is 13.0. The van der Waals surface area contributed by atoms with Gasteiger partial charge in [-0.15, -0.1) is 0 Å². The van der Waals surface area contributed by atoms with Gasteiger partial charge in [0.25, 0.3) is 5.91 Å². The third-order valence-corrected chi connectivity index (χ3v) is 4.00. The van der Waals surface area contributed by atoms with E-state index in [-0.39, 0.29) is 11.7 Å². The Kier molecular flexibility index (Phi) is 4.02. The zero-order valence-electron chi connectivity index (χ0n) is 10.5. The van der Waals surface area contributed by atoms with Crippen LogP contribution in [0.15, 0.2) is 22.7 Å². The van der Waals surface area contributed by atoms with Crippen LogP contribution >= 0.6 is 15.9 Å². The predicted octanol–water partition coefficient (Wildman–Crippen LogP) is 2.36. The van der Waals surface area contributed by atoms with Crippen LogP contribution in [0.3, 0.4) is 0 Å². The lowest BCUT2D eigenvalue weighted by atomic mass is 10.2. The smallest absolute Gasteiger partial charge is 0.255 e. The highest BCUT2D eigenvalue weighted by molar-refractivity contribution is 9.10. The molecule has 18 heavy (non-hydrogen) atoms. The quantitative estimate of drug-likeness (QED) is 0.836. The highest BCUT2D eigenvalue weighted by atomic mass is 79.9. The second-order valence-corrected chi connectivity index (χ2v) is 5.64. The molecule has 5 heteroatoms. The minimum atomic E-state index is -0.342. The maximum Gasteiger partial charge on any atom is 0.255 e. The van der Waals surface area contributed by atoms with Crippen molar-refractivity contribution < 1.29 is 9.18 Å². The number of hydrogen-bond acceptors (Lipinski definition) is 2. The molecule has 0 aromatic heterocycles. The summed E-state index contributed by atoms with van der Waals surface area (Å²) in [6.07, 6.45) is 0.984. The molecule has 1 aromatic carbocycles. The second kappa shape index (κ2) is 5.36. The van der Waals surface area contributed by atoms with Crippen molar-refractivity contribution in [1.82, 2.24) is 9.80 Å². The van der Waals surface area contributed by atoms with E-state index < -0.39 is 0 Å². The summed E-state index contributed by atoms with van der Waals surface area (Å²) in [6.45, 7) is 1.49. The normalized spacial score (nSPS) is 19.6. The average molecular weight is 315 g/mol. The van der Waals surface area contributed by atoms with Crippen molar-refractivity contribution in [2.75, 3.05) is 27.2 Å². The molecule has 98 valence electrons. The van der Waals surface area contributed by atoms with Crippen molar-refractivity contribution in [3.05, 3.63) is 34.1 Å². The number of likely N-dealkylation sites (N-methyl/N-ethyl adjacent to an activating group) is 1. The van der Waals surface area contributed by atoms with E-state index in [4.69, 9.17) is 0 Å². The lowest BCUT2D eigenvalue weighted by Gasteiger charge is -2.20. The molecule has 1 saturated heterocycles. The van der Waals surface area contributed by atoms with Gasteiger partial charge in [0.2, 0.25) is 0 Å². The van der Waals surface area contributed by atoms with Crippen molar-refractivity contribution in [3.63, 3.8) is 0 Å². The van der Waals surface area contributed by atoms with Crippen LogP contribution in [0.25, 0.3) is 0 Å². The van der Waals surface area contributed by atoms with Crippen molar-refractivity contribution in [2.45, 2.75) is 12.5 Å². The molecule has 1 atom stereocenters. The van der Waals surface area contributed by atoms with Crippen LogP contribution in [-0.4, -0.2) is 48.9 Å². The SMILES string of the molecule is CN(C)C1CCN(C(=O)c2ccc(F)cc2Br)C1. The van der Waals surface area contributed by atoms with E-state index in [9.17, 15) is 9.18 Å². The Bertz CT molecular complexity index is 464. The first-order valence-electron chi connectivity index (χ1n) is 5.90. The number of hydrogen-bond donors (Lipinski definition) is 0. The fourth-order valence-corrected chi connectivity index (χ4v) is 2.70. The van der Waals surface area contributed by atoms with Gasteiger partial charge in [-0.25, -0.2) is 4.39 Å². The molecule has 0 saturated carbocycles. The molecule has 0 bridgehead atoms. The Morgan fingerprint density at radius 3 is 2.78 bits per heavy atom. The lowest BCUT2D eigenvalue weighted by Crippen LogP contribution is -2.34. The number of carbonyl (C=O) groups excluding carboxylic acids is 1. The standard InChI is InChI=1S/C13H16BrFN2O/c1-16(2)10-5-6-17(8-10)13(18)11-4-3-9(15)7-12(11)14/h3-4,7,10H,5-6,8H2,1-2H3. The fraction of sp³-hybridized carbons (Fsp3) is 0.462. The summed E-state index contributed by atoms with van der Waals surface area (Å²) in [5.41, 5.74) is 0.524. The molecule has 0 radical (unpaired) electrons. The van der Waals surface area contributed by atoms with Gasteiger partial charge in [0.15, 0.2) is 0 Å². The summed E-state index contributed by atoms with van der Waals surface area (Å²) in [5, 5.41) is 0. The third kappa shape index (κ3) is 2.72. The third-order valence-electron chi connectivity index (χ3n) is 3.34. The van der Waals surface area contributed by atoms with Crippen LogP contribution in [0.2, 0.25) is 0 Å². The van der Waals surface area contributed by atoms with Gasteiger partial charge in [-0.1, -0.05) is 0 Å². The monoisotopic (exact) mass is 314 g/mol. The van der Waals surface area contributed by atoms with Crippen molar-refractivity contribution in [1.29, 1.82) is 0 Å². The Morgan fingerprint density at radius 1 is 1.50 bits per heavy atom. The van der Waals surface area contributed by atoms with E-state index in [2.05, 4.69) is 20.8 Å².